The molecule has 0 aliphatic carbocycles. The quantitative estimate of drug-likeness (QED) is 0.827. The summed E-state index contributed by atoms with van der Waals surface area (Å²) in [6.45, 7) is 0.359. The molecule has 1 heterocycles. The second-order valence-electron chi connectivity index (χ2n) is 5.96. The molecule has 0 radical (unpaired) electrons. The normalized spacial score (nSPS) is 14.1. The molecule has 0 fully saturated rings. The molecule has 138 valence electrons. The number of halogens is 3. The maximum Gasteiger partial charge on any atom is 0.255 e. The number of anilines is 2. The second-order valence-corrected chi connectivity index (χ2v) is 7.87. The van der Waals surface area contributed by atoms with Crippen LogP contribution in [0.25, 0.3) is 0 Å². The summed E-state index contributed by atoms with van der Waals surface area (Å²) < 4.78 is 64.9. The SMILES string of the molecule is CS(=O)(=O)N1CCCc2cc(C(=O)Nc3ccc(F)c(F)c3F)ccc21. The molecule has 5 nitrogen and oxygen atoms in total. The first-order chi connectivity index (χ1) is 12.2. The summed E-state index contributed by atoms with van der Waals surface area (Å²) in [5.74, 6) is -5.22. The molecule has 0 unspecified atom stereocenters. The monoisotopic (exact) mass is 384 g/mol. The zero-order valence-corrected chi connectivity index (χ0v) is 14.5. The van der Waals surface area contributed by atoms with Crippen LogP contribution in [0, 0.1) is 17.5 Å². The summed E-state index contributed by atoms with van der Waals surface area (Å²) in [7, 11) is -3.43. The van der Waals surface area contributed by atoms with Crippen molar-refractivity contribution in [3.63, 3.8) is 0 Å². The predicted octanol–water partition coefficient (Wildman–Crippen LogP) is 3.07. The first kappa shape index (κ1) is 18.2. The van der Waals surface area contributed by atoms with Gasteiger partial charge in [-0.05, 0) is 48.7 Å². The smallest absolute Gasteiger partial charge is 0.255 e. The van der Waals surface area contributed by atoms with Crippen molar-refractivity contribution in [2.24, 2.45) is 0 Å². The third kappa shape index (κ3) is 3.39. The van der Waals surface area contributed by atoms with E-state index in [-0.39, 0.29) is 5.56 Å². The van der Waals surface area contributed by atoms with Gasteiger partial charge in [0, 0.05) is 12.1 Å². The van der Waals surface area contributed by atoms with Gasteiger partial charge in [-0.3, -0.25) is 9.10 Å². The fraction of sp³-hybridized carbons (Fsp3) is 0.235. The van der Waals surface area contributed by atoms with E-state index in [1.807, 2.05) is 0 Å². The molecule has 1 N–H and O–H groups in total. The lowest BCUT2D eigenvalue weighted by Crippen LogP contribution is -2.34. The predicted molar refractivity (Wildman–Crippen MR) is 91.2 cm³/mol. The van der Waals surface area contributed by atoms with Gasteiger partial charge in [-0.25, -0.2) is 21.6 Å². The molecule has 0 atom stereocenters. The topological polar surface area (TPSA) is 66.5 Å². The largest absolute Gasteiger partial charge is 0.319 e. The van der Waals surface area contributed by atoms with E-state index >= 15 is 0 Å². The van der Waals surface area contributed by atoms with Gasteiger partial charge in [0.2, 0.25) is 10.0 Å². The number of fused-ring (bicyclic) bond motifs is 1. The Kier molecular flexibility index (Phi) is 4.66. The van der Waals surface area contributed by atoms with E-state index < -0.39 is 39.1 Å². The Labute approximate surface area is 148 Å². The van der Waals surface area contributed by atoms with Crippen LogP contribution in [0.2, 0.25) is 0 Å². The van der Waals surface area contributed by atoms with Gasteiger partial charge in [0.1, 0.15) is 0 Å². The number of nitrogens with zero attached hydrogens (tertiary/aromatic N) is 1. The van der Waals surface area contributed by atoms with Crippen molar-refractivity contribution in [2.45, 2.75) is 12.8 Å². The lowest BCUT2D eigenvalue weighted by Gasteiger charge is -2.29. The third-order valence-electron chi connectivity index (χ3n) is 4.10. The molecule has 1 aliphatic heterocycles. The fourth-order valence-electron chi connectivity index (χ4n) is 2.87. The molecular formula is C17H15F3N2O3S. The molecule has 2 aromatic rings. The third-order valence-corrected chi connectivity index (χ3v) is 5.28. The Balaban J connectivity index is 1.89. The molecule has 0 aromatic heterocycles. The maximum absolute atomic E-state index is 13.7. The van der Waals surface area contributed by atoms with Crippen molar-refractivity contribution in [1.82, 2.24) is 0 Å². The number of rotatable bonds is 3. The number of nitrogens with one attached hydrogen (secondary N) is 1. The summed E-state index contributed by atoms with van der Waals surface area (Å²) in [5.41, 5.74) is 0.835. The molecule has 0 bridgehead atoms. The van der Waals surface area contributed by atoms with Gasteiger partial charge in [0.25, 0.3) is 5.91 Å². The number of benzene rings is 2. The maximum atomic E-state index is 13.7. The Hall–Kier alpha value is -2.55. The van der Waals surface area contributed by atoms with Gasteiger partial charge in [0.05, 0.1) is 17.6 Å². The van der Waals surface area contributed by atoms with Crippen LogP contribution in [0.15, 0.2) is 30.3 Å². The van der Waals surface area contributed by atoms with Gasteiger partial charge in [-0.15, -0.1) is 0 Å². The van der Waals surface area contributed by atoms with Crippen LogP contribution in [-0.2, 0) is 16.4 Å². The highest BCUT2D eigenvalue weighted by Crippen LogP contribution is 2.30. The summed E-state index contributed by atoms with van der Waals surface area (Å²) >= 11 is 0. The van der Waals surface area contributed by atoms with E-state index in [2.05, 4.69) is 5.32 Å². The molecule has 26 heavy (non-hydrogen) atoms. The highest BCUT2D eigenvalue weighted by atomic mass is 32.2. The van der Waals surface area contributed by atoms with E-state index in [4.69, 9.17) is 0 Å². The molecule has 3 rings (SSSR count). The van der Waals surface area contributed by atoms with Crippen LogP contribution in [-0.4, -0.2) is 27.1 Å². The number of sulfonamides is 1. The Morgan fingerprint density at radius 3 is 2.54 bits per heavy atom. The minimum atomic E-state index is -3.43. The van der Waals surface area contributed by atoms with Crippen molar-refractivity contribution in [3.8, 4) is 0 Å². The van der Waals surface area contributed by atoms with Crippen molar-refractivity contribution in [2.75, 3.05) is 22.4 Å². The number of aryl methyl sites for hydroxylation is 1. The van der Waals surface area contributed by atoms with Gasteiger partial charge in [-0.2, -0.15) is 0 Å². The number of carbonyl (C=O) groups is 1. The van der Waals surface area contributed by atoms with Gasteiger partial charge >= 0.3 is 0 Å². The van der Waals surface area contributed by atoms with Gasteiger partial charge in [-0.1, -0.05) is 0 Å². The van der Waals surface area contributed by atoms with Gasteiger partial charge in [0.15, 0.2) is 17.5 Å². The molecule has 0 saturated heterocycles. The van der Waals surface area contributed by atoms with Crippen LogP contribution in [0.3, 0.4) is 0 Å². The average Bonchev–Trinajstić information content (AvgIpc) is 2.60. The molecule has 0 spiro atoms. The second kappa shape index (κ2) is 6.64. The van der Waals surface area contributed by atoms with E-state index in [9.17, 15) is 26.4 Å². The minimum Gasteiger partial charge on any atom is -0.319 e. The highest BCUT2D eigenvalue weighted by molar-refractivity contribution is 7.92. The van der Waals surface area contributed by atoms with E-state index in [1.165, 1.54) is 22.5 Å². The van der Waals surface area contributed by atoms with Crippen LogP contribution in [0.1, 0.15) is 22.3 Å². The lowest BCUT2D eigenvalue weighted by molar-refractivity contribution is 0.102. The molecule has 1 amide bonds. The zero-order chi connectivity index (χ0) is 19.1. The minimum absolute atomic E-state index is 0.156. The zero-order valence-electron chi connectivity index (χ0n) is 13.7. The van der Waals surface area contributed by atoms with Crippen LogP contribution in [0.5, 0.6) is 0 Å². The van der Waals surface area contributed by atoms with Crippen molar-refractivity contribution >= 4 is 27.3 Å². The fourth-order valence-corrected chi connectivity index (χ4v) is 3.86. The van der Waals surface area contributed by atoms with E-state index in [0.29, 0.717) is 36.7 Å². The Morgan fingerprint density at radius 1 is 1.12 bits per heavy atom. The summed E-state index contributed by atoms with van der Waals surface area (Å²) in [4.78, 5) is 12.3. The number of amides is 1. The molecule has 0 saturated carbocycles. The summed E-state index contributed by atoms with van der Waals surface area (Å²) in [6, 6.07) is 6.06. The summed E-state index contributed by atoms with van der Waals surface area (Å²) in [6.07, 6.45) is 2.29. The first-order valence-electron chi connectivity index (χ1n) is 7.74. The molecule has 2 aromatic carbocycles. The molecule has 9 heteroatoms. The van der Waals surface area contributed by atoms with Crippen molar-refractivity contribution in [1.29, 1.82) is 0 Å². The van der Waals surface area contributed by atoms with Crippen LogP contribution >= 0.6 is 0 Å². The highest BCUT2D eigenvalue weighted by Gasteiger charge is 2.25. The van der Waals surface area contributed by atoms with Crippen molar-refractivity contribution < 1.29 is 26.4 Å². The lowest BCUT2D eigenvalue weighted by atomic mass is 10.0. The number of carbonyl (C=O) groups excluding carboxylic acids is 1. The standard InChI is InChI=1S/C17H15F3N2O3S/c1-26(24,25)22-8-2-3-10-9-11(4-7-14(10)22)17(23)21-13-6-5-12(18)15(19)16(13)20/h4-7,9H,2-3,8H2,1H3,(H,21,23). The van der Waals surface area contributed by atoms with E-state index in [1.54, 1.807) is 0 Å². The molecule has 1 aliphatic rings. The number of hydrogen-bond acceptors (Lipinski definition) is 3. The Morgan fingerprint density at radius 2 is 1.85 bits per heavy atom. The first-order valence-corrected chi connectivity index (χ1v) is 9.59. The van der Waals surface area contributed by atoms with Crippen LogP contribution < -0.4 is 9.62 Å². The van der Waals surface area contributed by atoms with Crippen LogP contribution in [0.4, 0.5) is 24.5 Å². The summed E-state index contributed by atoms with van der Waals surface area (Å²) in [5, 5.41) is 2.19. The van der Waals surface area contributed by atoms with Crippen molar-refractivity contribution in [3.05, 3.63) is 58.9 Å². The van der Waals surface area contributed by atoms with Gasteiger partial charge < -0.3 is 5.32 Å². The molecular weight excluding hydrogens is 369 g/mol. The number of hydrogen-bond donors (Lipinski definition) is 1. The van der Waals surface area contributed by atoms with E-state index in [0.717, 1.165) is 12.3 Å². The average molecular weight is 384 g/mol. The Bertz CT molecular complexity index is 993.